The Hall–Kier alpha value is -0.790. The highest BCUT2D eigenvalue weighted by atomic mass is 16.2. The molecule has 1 heterocycles. The third kappa shape index (κ3) is 1.20. The minimum atomic E-state index is 0.178. The van der Waals surface area contributed by atoms with Crippen molar-refractivity contribution in [3.8, 4) is 0 Å². The summed E-state index contributed by atoms with van der Waals surface area (Å²) >= 11 is 0. The molecule has 1 N–H and O–H groups in total. The fourth-order valence-corrected chi connectivity index (χ4v) is 1.28. The first-order valence-corrected chi connectivity index (χ1v) is 3.66. The van der Waals surface area contributed by atoms with Crippen LogP contribution in [-0.2, 0) is 4.79 Å². The molecular formula is C8H13NO. The Morgan fingerprint density at radius 3 is 3.00 bits per heavy atom. The highest BCUT2D eigenvalue weighted by molar-refractivity contribution is 5.81. The zero-order chi connectivity index (χ0) is 7.56. The van der Waals surface area contributed by atoms with Gasteiger partial charge in [-0.25, -0.2) is 0 Å². The van der Waals surface area contributed by atoms with Crippen molar-refractivity contribution in [1.82, 2.24) is 5.32 Å². The van der Waals surface area contributed by atoms with Crippen LogP contribution in [0.4, 0.5) is 0 Å². The molecule has 0 radical (unpaired) electrons. The van der Waals surface area contributed by atoms with E-state index in [2.05, 4.69) is 11.9 Å². The van der Waals surface area contributed by atoms with Crippen molar-refractivity contribution in [1.29, 1.82) is 0 Å². The highest BCUT2D eigenvalue weighted by Crippen LogP contribution is 2.19. The van der Waals surface area contributed by atoms with Crippen molar-refractivity contribution in [2.45, 2.75) is 13.3 Å². The lowest BCUT2D eigenvalue weighted by Crippen LogP contribution is -2.22. The van der Waals surface area contributed by atoms with Crippen LogP contribution in [0, 0.1) is 11.8 Å². The molecule has 0 unspecified atom stereocenters. The van der Waals surface area contributed by atoms with Crippen molar-refractivity contribution in [2.24, 2.45) is 11.8 Å². The molecular weight excluding hydrogens is 126 g/mol. The number of hydrogen-bond acceptors (Lipinski definition) is 1. The standard InChI is InChI=1S/C8H13NO/c1-3-6(2)7-4-5-9-8(7)10/h3,6-7H,1,4-5H2,2H3,(H,9,10)/t6-,7-/m1/s1. The molecule has 56 valence electrons. The van der Waals surface area contributed by atoms with Gasteiger partial charge in [-0.3, -0.25) is 4.79 Å². The van der Waals surface area contributed by atoms with E-state index < -0.39 is 0 Å². The predicted molar refractivity (Wildman–Crippen MR) is 40.5 cm³/mol. The van der Waals surface area contributed by atoms with Crippen LogP contribution in [0.2, 0.25) is 0 Å². The summed E-state index contributed by atoms with van der Waals surface area (Å²) in [6, 6.07) is 0. The molecule has 1 fully saturated rings. The Balaban J connectivity index is 2.54. The maximum atomic E-state index is 11.0. The summed E-state index contributed by atoms with van der Waals surface area (Å²) < 4.78 is 0. The quantitative estimate of drug-likeness (QED) is 0.567. The molecule has 2 nitrogen and oxygen atoms in total. The summed E-state index contributed by atoms with van der Waals surface area (Å²) in [5.41, 5.74) is 0. The molecule has 0 spiro atoms. The van der Waals surface area contributed by atoms with E-state index in [1.54, 1.807) is 0 Å². The molecule has 0 aliphatic carbocycles. The van der Waals surface area contributed by atoms with Crippen LogP contribution >= 0.6 is 0 Å². The van der Waals surface area contributed by atoms with Gasteiger partial charge < -0.3 is 5.32 Å². The van der Waals surface area contributed by atoms with Crippen LogP contribution in [0.25, 0.3) is 0 Å². The van der Waals surface area contributed by atoms with Crippen LogP contribution in [0.1, 0.15) is 13.3 Å². The normalized spacial score (nSPS) is 27.7. The van der Waals surface area contributed by atoms with Crippen molar-refractivity contribution in [2.75, 3.05) is 6.54 Å². The lowest BCUT2D eigenvalue weighted by Gasteiger charge is -2.10. The maximum Gasteiger partial charge on any atom is 0.223 e. The van der Waals surface area contributed by atoms with Crippen molar-refractivity contribution in [3.63, 3.8) is 0 Å². The predicted octanol–water partition coefficient (Wildman–Crippen LogP) is 0.945. The Morgan fingerprint density at radius 1 is 1.90 bits per heavy atom. The monoisotopic (exact) mass is 139 g/mol. The van der Waals surface area contributed by atoms with E-state index >= 15 is 0 Å². The molecule has 2 heteroatoms. The summed E-state index contributed by atoms with van der Waals surface area (Å²) in [7, 11) is 0. The Kier molecular flexibility index (Phi) is 2.10. The average Bonchev–Trinajstić information content (AvgIpc) is 2.34. The minimum Gasteiger partial charge on any atom is -0.356 e. The molecule has 10 heavy (non-hydrogen) atoms. The summed E-state index contributed by atoms with van der Waals surface area (Å²) in [6.45, 7) is 6.52. The zero-order valence-electron chi connectivity index (χ0n) is 6.26. The summed E-state index contributed by atoms with van der Waals surface area (Å²) in [5.74, 6) is 0.687. The maximum absolute atomic E-state index is 11.0. The third-order valence-corrected chi connectivity index (χ3v) is 2.10. The fraction of sp³-hybridized carbons (Fsp3) is 0.625. The number of carbonyl (C=O) groups excluding carboxylic acids is 1. The Labute approximate surface area is 61.3 Å². The first kappa shape index (κ1) is 7.32. The van der Waals surface area contributed by atoms with Gasteiger partial charge in [0.2, 0.25) is 5.91 Å². The Bertz CT molecular complexity index is 153. The van der Waals surface area contributed by atoms with Crippen molar-refractivity contribution < 1.29 is 4.79 Å². The van der Waals surface area contributed by atoms with E-state index in [4.69, 9.17) is 0 Å². The van der Waals surface area contributed by atoms with Crippen LogP contribution in [0.15, 0.2) is 12.7 Å². The van der Waals surface area contributed by atoms with Gasteiger partial charge >= 0.3 is 0 Å². The molecule has 0 aromatic carbocycles. The van der Waals surface area contributed by atoms with E-state index in [0.29, 0.717) is 5.92 Å². The minimum absolute atomic E-state index is 0.178. The van der Waals surface area contributed by atoms with Gasteiger partial charge in [0.25, 0.3) is 0 Å². The number of nitrogens with one attached hydrogen (secondary N) is 1. The third-order valence-electron chi connectivity index (χ3n) is 2.10. The first-order valence-electron chi connectivity index (χ1n) is 3.66. The molecule has 1 aliphatic heterocycles. The molecule has 1 rings (SSSR count). The molecule has 2 atom stereocenters. The van der Waals surface area contributed by atoms with E-state index in [0.717, 1.165) is 13.0 Å². The van der Waals surface area contributed by atoms with Crippen molar-refractivity contribution in [3.05, 3.63) is 12.7 Å². The second-order valence-corrected chi connectivity index (χ2v) is 2.78. The smallest absolute Gasteiger partial charge is 0.223 e. The second kappa shape index (κ2) is 2.86. The van der Waals surface area contributed by atoms with E-state index in [1.165, 1.54) is 0 Å². The van der Waals surface area contributed by atoms with Gasteiger partial charge in [0.1, 0.15) is 0 Å². The van der Waals surface area contributed by atoms with Crippen LogP contribution < -0.4 is 5.32 Å². The van der Waals surface area contributed by atoms with Crippen molar-refractivity contribution >= 4 is 5.91 Å². The largest absolute Gasteiger partial charge is 0.356 e. The van der Waals surface area contributed by atoms with Gasteiger partial charge in [0.05, 0.1) is 0 Å². The van der Waals surface area contributed by atoms with Crippen LogP contribution in [0.3, 0.4) is 0 Å². The first-order chi connectivity index (χ1) is 4.75. The lowest BCUT2D eigenvalue weighted by molar-refractivity contribution is -0.123. The van der Waals surface area contributed by atoms with E-state index in [1.807, 2.05) is 13.0 Å². The van der Waals surface area contributed by atoms with Gasteiger partial charge in [0, 0.05) is 12.5 Å². The van der Waals surface area contributed by atoms with Gasteiger partial charge in [-0.15, -0.1) is 6.58 Å². The molecule has 1 aliphatic rings. The average molecular weight is 139 g/mol. The number of hydrogen-bond donors (Lipinski definition) is 1. The van der Waals surface area contributed by atoms with E-state index in [9.17, 15) is 4.79 Å². The van der Waals surface area contributed by atoms with Gasteiger partial charge in [-0.05, 0) is 12.3 Å². The molecule has 0 bridgehead atoms. The SMILES string of the molecule is C=C[C@@H](C)[C@H]1CCNC1=O. The summed E-state index contributed by atoms with van der Waals surface area (Å²) in [5, 5.41) is 2.80. The summed E-state index contributed by atoms with van der Waals surface area (Å²) in [4.78, 5) is 11.0. The number of amides is 1. The van der Waals surface area contributed by atoms with Crippen LogP contribution in [-0.4, -0.2) is 12.5 Å². The van der Waals surface area contributed by atoms with Gasteiger partial charge in [0.15, 0.2) is 0 Å². The highest BCUT2D eigenvalue weighted by Gasteiger charge is 2.27. The van der Waals surface area contributed by atoms with E-state index in [-0.39, 0.29) is 11.8 Å². The van der Waals surface area contributed by atoms with Gasteiger partial charge in [-0.1, -0.05) is 13.0 Å². The molecule has 0 saturated carbocycles. The molecule has 0 aromatic rings. The lowest BCUT2D eigenvalue weighted by atomic mass is 9.93. The topological polar surface area (TPSA) is 29.1 Å². The molecule has 1 amide bonds. The zero-order valence-corrected chi connectivity index (χ0v) is 6.26. The number of carbonyl (C=O) groups is 1. The number of rotatable bonds is 2. The second-order valence-electron chi connectivity index (χ2n) is 2.78. The summed E-state index contributed by atoms with van der Waals surface area (Å²) in [6.07, 6.45) is 2.81. The van der Waals surface area contributed by atoms with Crippen LogP contribution in [0.5, 0.6) is 0 Å². The molecule has 1 saturated heterocycles. The Morgan fingerprint density at radius 2 is 2.60 bits per heavy atom. The molecule has 0 aromatic heterocycles. The fourth-order valence-electron chi connectivity index (χ4n) is 1.28. The van der Waals surface area contributed by atoms with Gasteiger partial charge in [-0.2, -0.15) is 0 Å². The number of allylic oxidation sites excluding steroid dienone is 1.